The number of ether oxygens (including phenoxy) is 3. The van der Waals surface area contributed by atoms with Crippen molar-refractivity contribution >= 4 is 57.1 Å². The summed E-state index contributed by atoms with van der Waals surface area (Å²) in [4.78, 5) is 38.9. The van der Waals surface area contributed by atoms with Crippen molar-refractivity contribution in [1.82, 2.24) is 5.32 Å². The highest BCUT2D eigenvalue weighted by molar-refractivity contribution is 9.10. The lowest BCUT2D eigenvalue weighted by atomic mass is 10.1. The van der Waals surface area contributed by atoms with Gasteiger partial charge < -0.3 is 14.2 Å². The maximum absolute atomic E-state index is 13.1. The van der Waals surface area contributed by atoms with Crippen molar-refractivity contribution in [2.75, 3.05) is 25.2 Å². The summed E-state index contributed by atoms with van der Waals surface area (Å²) in [5.74, 6) is 0.00262. The Balaban J connectivity index is 1.53. The van der Waals surface area contributed by atoms with Crippen LogP contribution in [0.4, 0.5) is 10.5 Å². The molecule has 1 saturated heterocycles. The molecule has 3 aromatic carbocycles. The molecule has 3 aromatic rings. The largest absolute Gasteiger partial charge is 0.493 e. The summed E-state index contributed by atoms with van der Waals surface area (Å²) < 4.78 is 17.6. The van der Waals surface area contributed by atoms with Crippen LogP contribution in [0.25, 0.3) is 6.08 Å². The number of amides is 4. The van der Waals surface area contributed by atoms with E-state index in [0.29, 0.717) is 33.2 Å². The zero-order chi connectivity index (χ0) is 26.5. The van der Waals surface area contributed by atoms with Crippen molar-refractivity contribution in [2.45, 2.75) is 6.92 Å². The third kappa shape index (κ3) is 6.12. The van der Waals surface area contributed by atoms with Gasteiger partial charge in [0.15, 0.2) is 11.5 Å². The normalized spacial score (nSPS) is 14.5. The number of halogens is 2. The van der Waals surface area contributed by atoms with E-state index in [9.17, 15) is 14.4 Å². The second-order valence-electron chi connectivity index (χ2n) is 7.98. The number of nitrogens with one attached hydrogen (secondary N) is 1. The average Bonchev–Trinajstić information content (AvgIpc) is 2.86. The van der Waals surface area contributed by atoms with Crippen molar-refractivity contribution in [3.63, 3.8) is 0 Å². The number of rotatable bonds is 8. The van der Waals surface area contributed by atoms with Crippen molar-refractivity contribution < 1.29 is 28.6 Å². The van der Waals surface area contributed by atoms with Crippen molar-refractivity contribution in [3.8, 4) is 17.2 Å². The molecule has 0 aliphatic carbocycles. The quantitative estimate of drug-likeness (QED) is 0.212. The predicted octanol–water partition coefficient (Wildman–Crippen LogP) is 5.54. The number of carbonyl (C=O) groups excluding carboxylic acids is 3. The van der Waals surface area contributed by atoms with Crippen LogP contribution in [0.5, 0.6) is 17.2 Å². The van der Waals surface area contributed by atoms with E-state index in [0.717, 1.165) is 16.2 Å². The summed E-state index contributed by atoms with van der Waals surface area (Å²) in [5, 5.41) is 2.64. The number of hydrogen-bond donors (Lipinski definition) is 1. The molecule has 37 heavy (non-hydrogen) atoms. The number of imide groups is 2. The van der Waals surface area contributed by atoms with Crippen LogP contribution in [0.15, 0.2) is 70.7 Å². The van der Waals surface area contributed by atoms with E-state index in [4.69, 9.17) is 25.8 Å². The first-order chi connectivity index (χ1) is 17.8. The van der Waals surface area contributed by atoms with Gasteiger partial charge in [-0.05, 0) is 88.6 Å². The number of urea groups is 1. The highest BCUT2D eigenvalue weighted by atomic mass is 79.9. The van der Waals surface area contributed by atoms with Crippen molar-refractivity contribution in [3.05, 3.63) is 86.9 Å². The molecule has 0 aromatic heterocycles. The highest BCUT2D eigenvalue weighted by Crippen LogP contribution is 2.37. The number of benzene rings is 3. The number of hydrogen-bond acceptors (Lipinski definition) is 6. The minimum atomic E-state index is -0.843. The lowest BCUT2D eigenvalue weighted by Crippen LogP contribution is -2.54. The molecule has 0 bridgehead atoms. The third-order valence-electron chi connectivity index (χ3n) is 5.34. The molecule has 10 heteroatoms. The number of barbiturate groups is 1. The Kier molecular flexibility index (Phi) is 8.15. The van der Waals surface area contributed by atoms with Gasteiger partial charge >= 0.3 is 6.03 Å². The fraction of sp³-hybridized carbons (Fsp3) is 0.148. The van der Waals surface area contributed by atoms with Crippen LogP contribution in [-0.4, -0.2) is 38.2 Å². The molecular weight excluding hydrogens is 564 g/mol. The second kappa shape index (κ2) is 11.5. The molecule has 0 spiro atoms. The molecule has 1 heterocycles. The molecule has 0 atom stereocenters. The minimum Gasteiger partial charge on any atom is -0.493 e. The predicted molar refractivity (Wildman–Crippen MR) is 143 cm³/mol. The van der Waals surface area contributed by atoms with E-state index in [1.165, 1.54) is 25.3 Å². The fourth-order valence-corrected chi connectivity index (χ4v) is 4.32. The summed E-state index contributed by atoms with van der Waals surface area (Å²) in [6.07, 6.45) is 1.38. The topological polar surface area (TPSA) is 94.2 Å². The third-order valence-corrected chi connectivity index (χ3v) is 6.18. The zero-order valence-electron chi connectivity index (χ0n) is 19.9. The summed E-state index contributed by atoms with van der Waals surface area (Å²) in [6.45, 7) is 2.55. The van der Waals surface area contributed by atoms with Gasteiger partial charge in [0.1, 0.15) is 24.5 Å². The minimum absolute atomic E-state index is 0.219. The first-order valence-corrected chi connectivity index (χ1v) is 12.3. The molecule has 1 aliphatic heterocycles. The van der Waals surface area contributed by atoms with Crippen LogP contribution in [0.2, 0.25) is 5.02 Å². The Morgan fingerprint density at radius 1 is 1.00 bits per heavy atom. The number of aryl methyl sites for hydroxylation is 1. The molecule has 0 radical (unpaired) electrons. The Labute approximate surface area is 226 Å². The molecule has 1 fully saturated rings. The van der Waals surface area contributed by atoms with Gasteiger partial charge in [0.05, 0.1) is 17.3 Å². The first-order valence-electron chi connectivity index (χ1n) is 11.1. The lowest BCUT2D eigenvalue weighted by molar-refractivity contribution is -0.122. The van der Waals surface area contributed by atoms with Gasteiger partial charge in [-0.3, -0.25) is 14.9 Å². The van der Waals surface area contributed by atoms with Gasteiger partial charge in [0.25, 0.3) is 11.8 Å². The Morgan fingerprint density at radius 3 is 2.43 bits per heavy atom. The summed E-state index contributed by atoms with van der Waals surface area (Å²) in [7, 11) is 1.48. The standard InChI is InChI=1S/C27H22BrClN2O6/c1-16-4-3-5-20(12-16)36-10-11-37-24-22(28)14-17(15-23(24)35-2)13-21-25(32)30-27(34)31(26(21)33)19-8-6-18(29)7-9-19/h3-9,12-15H,10-11H2,1-2H3,(H,30,32,34). The Morgan fingerprint density at radius 2 is 1.73 bits per heavy atom. The zero-order valence-corrected chi connectivity index (χ0v) is 22.3. The molecule has 0 unspecified atom stereocenters. The van der Waals surface area contributed by atoms with Gasteiger partial charge in [-0.25, -0.2) is 9.69 Å². The molecule has 1 aliphatic rings. The van der Waals surface area contributed by atoms with E-state index in [2.05, 4.69) is 21.2 Å². The Bertz CT molecular complexity index is 1390. The number of carbonyl (C=O) groups is 3. The molecular formula is C27H22BrClN2O6. The SMILES string of the molecule is COc1cc(C=C2C(=O)NC(=O)N(c3ccc(Cl)cc3)C2=O)cc(Br)c1OCCOc1cccc(C)c1. The van der Waals surface area contributed by atoms with Crippen LogP contribution in [0.3, 0.4) is 0 Å². The van der Waals surface area contributed by atoms with Crippen molar-refractivity contribution in [1.29, 1.82) is 0 Å². The van der Waals surface area contributed by atoms with E-state index in [1.54, 1.807) is 24.3 Å². The van der Waals surface area contributed by atoms with E-state index in [1.807, 2.05) is 31.2 Å². The lowest BCUT2D eigenvalue weighted by Gasteiger charge is -2.26. The van der Waals surface area contributed by atoms with E-state index in [-0.39, 0.29) is 17.9 Å². The van der Waals surface area contributed by atoms with Gasteiger partial charge in [0, 0.05) is 5.02 Å². The van der Waals surface area contributed by atoms with Gasteiger partial charge in [-0.15, -0.1) is 0 Å². The maximum atomic E-state index is 13.1. The van der Waals surface area contributed by atoms with Gasteiger partial charge in [0.2, 0.25) is 0 Å². The first kappa shape index (κ1) is 26.2. The average molecular weight is 586 g/mol. The van der Waals surface area contributed by atoms with Crippen LogP contribution in [-0.2, 0) is 9.59 Å². The van der Waals surface area contributed by atoms with Crippen LogP contribution < -0.4 is 24.4 Å². The Hall–Kier alpha value is -3.82. The second-order valence-corrected chi connectivity index (χ2v) is 9.27. The maximum Gasteiger partial charge on any atom is 0.335 e. The van der Waals surface area contributed by atoms with Gasteiger partial charge in [-0.1, -0.05) is 23.7 Å². The van der Waals surface area contributed by atoms with E-state index >= 15 is 0 Å². The summed E-state index contributed by atoms with van der Waals surface area (Å²) >= 11 is 9.38. The molecule has 190 valence electrons. The summed E-state index contributed by atoms with van der Waals surface area (Å²) in [5.41, 5.74) is 1.64. The summed E-state index contributed by atoms with van der Waals surface area (Å²) in [6, 6.07) is 16.3. The van der Waals surface area contributed by atoms with E-state index < -0.39 is 17.8 Å². The molecule has 1 N–H and O–H groups in total. The smallest absolute Gasteiger partial charge is 0.335 e. The van der Waals surface area contributed by atoms with Crippen LogP contribution in [0.1, 0.15) is 11.1 Å². The van der Waals surface area contributed by atoms with Crippen molar-refractivity contribution in [2.24, 2.45) is 0 Å². The molecule has 4 rings (SSSR count). The molecule has 8 nitrogen and oxygen atoms in total. The number of methoxy groups -OCH3 is 1. The monoisotopic (exact) mass is 584 g/mol. The fourth-order valence-electron chi connectivity index (χ4n) is 3.62. The molecule has 0 saturated carbocycles. The molecule has 4 amide bonds. The van der Waals surface area contributed by atoms with Gasteiger partial charge in [-0.2, -0.15) is 0 Å². The van der Waals surface area contributed by atoms with Crippen LogP contribution >= 0.6 is 27.5 Å². The van der Waals surface area contributed by atoms with Crippen LogP contribution in [0, 0.1) is 6.92 Å². The number of anilines is 1. The highest BCUT2D eigenvalue weighted by Gasteiger charge is 2.36. The number of nitrogens with zero attached hydrogens (tertiary/aromatic N) is 1.